The van der Waals surface area contributed by atoms with Gasteiger partial charge in [-0.2, -0.15) is 0 Å². The normalized spacial score (nSPS) is 16.8. The zero-order valence-electron chi connectivity index (χ0n) is 12.3. The number of carbonyl (C=O) groups excluding carboxylic acids is 1. The van der Waals surface area contributed by atoms with Crippen LogP contribution in [0.3, 0.4) is 0 Å². The van der Waals surface area contributed by atoms with Crippen molar-refractivity contribution in [3.8, 4) is 0 Å². The first-order chi connectivity index (χ1) is 10.3. The number of amides is 1. The summed E-state index contributed by atoms with van der Waals surface area (Å²) in [5.74, 6) is 0.0554. The Kier molecular flexibility index (Phi) is 6.66. The Bertz CT molecular complexity index is 417. The Balaban J connectivity index is 1.62. The topological polar surface area (TPSA) is 61.8 Å². The number of rotatable bonds is 7. The van der Waals surface area contributed by atoms with Crippen LogP contribution in [0, 0.1) is 0 Å². The summed E-state index contributed by atoms with van der Waals surface area (Å²) in [5, 5.41) is 11.6. The molecule has 1 fully saturated rings. The molecule has 0 radical (unpaired) electrons. The van der Waals surface area contributed by atoms with Crippen molar-refractivity contribution in [3.63, 3.8) is 0 Å². The predicted molar refractivity (Wildman–Crippen MR) is 82.2 cm³/mol. The van der Waals surface area contributed by atoms with Crippen LogP contribution in [0.5, 0.6) is 0 Å². The number of nitrogens with one attached hydrogen (secondary N) is 1. The summed E-state index contributed by atoms with van der Waals surface area (Å²) in [6.07, 6.45) is 2.71. The first kappa shape index (κ1) is 15.9. The minimum Gasteiger partial charge on any atom is -0.394 e. The molecule has 116 valence electrons. The highest BCUT2D eigenvalue weighted by molar-refractivity contribution is 5.90. The first-order valence-corrected chi connectivity index (χ1v) is 7.57. The van der Waals surface area contributed by atoms with Gasteiger partial charge in [-0.25, -0.2) is 0 Å². The van der Waals surface area contributed by atoms with Crippen molar-refractivity contribution in [3.05, 3.63) is 30.3 Å². The van der Waals surface area contributed by atoms with Gasteiger partial charge in [-0.15, -0.1) is 0 Å². The summed E-state index contributed by atoms with van der Waals surface area (Å²) in [6.45, 7) is 3.19. The second-order valence-corrected chi connectivity index (χ2v) is 5.30. The summed E-state index contributed by atoms with van der Waals surface area (Å²) < 4.78 is 5.53. The Labute approximate surface area is 125 Å². The van der Waals surface area contributed by atoms with Crippen LogP contribution in [0.2, 0.25) is 0 Å². The number of nitrogens with zero attached hydrogens (tertiary/aromatic N) is 1. The molecule has 2 rings (SSSR count). The number of aliphatic hydroxyl groups excluding tert-OH is 1. The SMILES string of the molecule is O=C(CCN1CCC(OCCO)CC1)Nc1ccccc1. The van der Waals surface area contributed by atoms with Crippen LogP contribution in [0.15, 0.2) is 30.3 Å². The van der Waals surface area contributed by atoms with Gasteiger partial charge in [-0.3, -0.25) is 4.79 Å². The van der Waals surface area contributed by atoms with Crippen LogP contribution in [0.25, 0.3) is 0 Å². The van der Waals surface area contributed by atoms with Crippen LogP contribution >= 0.6 is 0 Å². The molecular formula is C16H24N2O3. The van der Waals surface area contributed by atoms with Crippen LogP contribution in [0.4, 0.5) is 5.69 Å². The molecule has 0 saturated carbocycles. The lowest BCUT2D eigenvalue weighted by Gasteiger charge is -2.31. The van der Waals surface area contributed by atoms with Gasteiger partial charge in [0, 0.05) is 31.7 Å². The molecule has 5 heteroatoms. The Morgan fingerprint density at radius 3 is 2.67 bits per heavy atom. The van der Waals surface area contributed by atoms with Gasteiger partial charge in [0.05, 0.1) is 19.3 Å². The quantitative estimate of drug-likeness (QED) is 0.799. The average Bonchev–Trinajstić information content (AvgIpc) is 2.53. The van der Waals surface area contributed by atoms with Crippen molar-refractivity contribution < 1.29 is 14.6 Å². The maximum Gasteiger partial charge on any atom is 0.225 e. The van der Waals surface area contributed by atoms with E-state index in [1.165, 1.54) is 0 Å². The molecule has 0 unspecified atom stereocenters. The van der Waals surface area contributed by atoms with E-state index in [2.05, 4.69) is 10.2 Å². The highest BCUT2D eigenvalue weighted by Gasteiger charge is 2.19. The zero-order valence-corrected chi connectivity index (χ0v) is 12.3. The van der Waals surface area contributed by atoms with E-state index in [1.54, 1.807) is 0 Å². The van der Waals surface area contributed by atoms with Crippen LogP contribution in [0.1, 0.15) is 19.3 Å². The monoisotopic (exact) mass is 292 g/mol. The maximum absolute atomic E-state index is 11.9. The van der Waals surface area contributed by atoms with E-state index in [1.807, 2.05) is 30.3 Å². The van der Waals surface area contributed by atoms with Gasteiger partial charge in [-0.1, -0.05) is 18.2 Å². The fourth-order valence-electron chi connectivity index (χ4n) is 2.52. The van der Waals surface area contributed by atoms with Gasteiger partial charge in [0.2, 0.25) is 5.91 Å². The third-order valence-electron chi connectivity index (χ3n) is 3.69. The minimum atomic E-state index is 0.0554. The highest BCUT2D eigenvalue weighted by Crippen LogP contribution is 2.14. The van der Waals surface area contributed by atoms with Crippen LogP contribution in [-0.4, -0.2) is 54.9 Å². The van der Waals surface area contributed by atoms with Gasteiger partial charge in [0.15, 0.2) is 0 Å². The van der Waals surface area contributed by atoms with Crippen molar-refractivity contribution in [2.75, 3.05) is 38.2 Å². The van der Waals surface area contributed by atoms with Gasteiger partial charge >= 0.3 is 0 Å². The van der Waals surface area contributed by atoms with E-state index in [0.717, 1.165) is 38.2 Å². The molecular weight excluding hydrogens is 268 g/mol. The number of aliphatic hydroxyl groups is 1. The van der Waals surface area contributed by atoms with E-state index in [0.29, 0.717) is 13.0 Å². The molecule has 0 spiro atoms. The van der Waals surface area contributed by atoms with Crippen molar-refractivity contribution in [2.45, 2.75) is 25.4 Å². The van der Waals surface area contributed by atoms with Crippen LogP contribution in [-0.2, 0) is 9.53 Å². The Morgan fingerprint density at radius 2 is 2.00 bits per heavy atom. The molecule has 1 amide bonds. The van der Waals surface area contributed by atoms with Crippen molar-refractivity contribution in [2.24, 2.45) is 0 Å². The third kappa shape index (κ3) is 5.83. The third-order valence-corrected chi connectivity index (χ3v) is 3.69. The van der Waals surface area contributed by atoms with E-state index in [4.69, 9.17) is 9.84 Å². The molecule has 1 aromatic rings. The molecule has 0 aliphatic carbocycles. The largest absolute Gasteiger partial charge is 0.394 e. The standard InChI is InChI=1S/C16H24N2O3/c19-12-13-21-15-6-9-18(10-7-15)11-8-16(20)17-14-4-2-1-3-5-14/h1-5,15,19H,6-13H2,(H,17,20). The minimum absolute atomic E-state index is 0.0554. The molecule has 2 N–H and O–H groups in total. The summed E-state index contributed by atoms with van der Waals surface area (Å²) >= 11 is 0. The molecule has 0 bridgehead atoms. The average molecular weight is 292 g/mol. The molecule has 1 aliphatic heterocycles. The molecule has 21 heavy (non-hydrogen) atoms. The first-order valence-electron chi connectivity index (χ1n) is 7.57. The summed E-state index contributed by atoms with van der Waals surface area (Å²) in [5.41, 5.74) is 0.846. The Morgan fingerprint density at radius 1 is 1.29 bits per heavy atom. The van der Waals surface area contributed by atoms with Gasteiger partial charge in [-0.05, 0) is 25.0 Å². The zero-order chi connectivity index (χ0) is 14.9. The van der Waals surface area contributed by atoms with E-state index in [-0.39, 0.29) is 18.6 Å². The second kappa shape index (κ2) is 8.77. The number of carbonyl (C=O) groups is 1. The molecule has 1 saturated heterocycles. The smallest absolute Gasteiger partial charge is 0.225 e. The highest BCUT2D eigenvalue weighted by atomic mass is 16.5. The number of hydrogen-bond donors (Lipinski definition) is 2. The maximum atomic E-state index is 11.9. The molecule has 0 aromatic heterocycles. The van der Waals surface area contributed by atoms with E-state index < -0.39 is 0 Å². The summed E-state index contributed by atoms with van der Waals surface area (Å²) in [7, 11) is 0. The lowest BCUT2D eigenvalue weighted by Crippen LogP contribution is -2.38. The Hall–Kier alpha value is -1.43. The van der Waals surface area contributed by atoms with Crippen molar-refractivity contribution in [1.82, 2.24) is 4.90 Å². The van der Waals surface area contributed by atoms with Gasteiger partial charge < -0.3 is 20.1 Å². The second-order valence-electron chi connectivity index (χ2n) is 5.30. The number of piperidine rings is 1. The summed E-state index contributed by atoms with van der Waals surface area (Å²) in [4.78, 5) is 14.2. The molecule has 1 heterocycles. The number of likely N-dealkylation sites (tertiary alicyclic amines) is 1. The number of anilines is 1. The number of benzene rings is 1. The number of hydrogen-bond acceptors (Lipinski definition) is 4. The number of para-hydroxylation sites is 1. The molecule has 5 nitrogen and oxygen atoms in total. The lowest BCUT2D eigenvalue weighted by molar-refractivity contribution is -0.116. The lowest BCUT2D eigenvalue weighted by atomic mass is 10.1. The van der Waals surface area contributed by atoms with Crippen molar-refractivity contribution >= 4 is 11.6 Å². The van der Waals surface area contributed by atoms with E-state index in [9.17, 15) is 4.79 Å². The molecule has 0 atom stereocenters. The van der Waals surface area contributed by atoms with Gasteiger partial charge in [0.25, 0.3) is 0 Å². The van der Waals surface area contributed by atoms with Crippen LogP contribution < -0.4 is 5.32 Å². The van der Waals surface area contributed by atoms with E-state index >= 15 is 0 Å². The number of ether oxygens (including phenoxy) is 1. The van der Waals surface area contributed by atoms with Crippen molar-refractivity contribution in [1.29, 1.82) is 0 Å². The van der Waals surface area contributed by atoms with Gasteiger partial charge in [0.1, 0.15) is 0 Å². The fraction of sp³-hybridized carbons (Fsp3) is 0.562. The molecule has 1 aromatic carbocycles. The predicted octanol–water partition coefficient (Wildman–Crippen LogP) is 1.49. The molecule has 1 aliphatic rings. The summed E-state index contributed by atoms with van der Waals surface area (Å²) in [6, 6.07) is 9.53. The fourth-order valence-corrected chi connectivity index (χ4v) is 2.52.